The second-order valence-corrected chi connectivity index (χ2v) is 7.28. The minimum atomic E-state index is -0.00498. The van der Waals surface area contributed by atoms with Crippen LogP contribution in [0.3, 0.4) is 0 Å². The lowest BCUT2D eigenvalue weighted by Crippen LogP contribution is -2.45. The van der Waals surface area contributed by atoms with Crippen LogP contribution in [0.2, 0.25) is 0 Å². The Balaban J connectivity index is 2.66. The average molecular weight is 370 g/mol. The van der Waals surface area contributed by atoms with Gasteiger partial charge in [-0.1, -0.05) is 41.9 Å². The van der Waals surface area contributed by atoms with Crippen LogP contribution >= 0.6 is 15.9 Å². The van der Waals surface area contributed by atoms with E-state index in [2.05, 4.69) is 40.0 Å². The highest BCUT2D eigenvalue weighted by Gasteiger charge is 2.17. The van der Waals surface area contributed by atoms with Gasteiger partial charge in [-0.15, -0.1) is 0 Å². The molecule has 0 aliphatic heterocycles. The predicted molar refractivity (Wildman–Crippen MR) is 96.1 cm³/mol. The highest BCUT2D eigenvalue weighted by molar-refractivity contribution is 9.10. The number of urea groups is 1. The Labute approximate surface area is 143 Å². The fourth-order valence-corrected chi connectivity index (χ4v) is 2.41. The molecule has 1 N–H and O–H groups in total. The van der Waals surface area contributed by atoms with Crippen LogP contribution < -0.4 is 5.32 Å². The van der Waals surface area contributed by atoms with Gasteiger partial charge in [-0.2, -0.15) is 0 Å². The average Bonchev–Trinajstić information content (AvgIpc) is 2.43. The van der Waals surface area contributed by atoms with Crippen LogP contribution in [0.4, 0.5) is 4.79 Å². The number of carbonyl (C=O) groups is 1. The van der Waals surface area contributed by atoms with Crippen LogP contribution in [-0.2, 0) is 0 Å². The Kier molecular flexibility index (Phi) is 7.90. The van der Waals surface area contributed by atoms with Crippen molar-refractivity contribution in [2.24, 2.45) is 5.92 Å². The summed E-state index contributed by atoms with van der Waals surface area (Å²) in [6.07, 6.45) is 0. The molecule has 0 aromatic heterocycles. The second kappa shape index (κ2) is 9.16. The summed E-state index contributed by atoms with van der Waals surface area (Å²) >= 11 is 3.43. The van der Waals surface area contributed by atoms with E-state index in [0.717, 1.165) is 29.7 Å². The molecule has 124 valence electrons. The van der Waals surface area contributed by atoms with E-state index < -0.39 is 0 Å². The Morgan fingerprint density at radius 2 is 1.73 bits per heavy atom. The number of hydrogen-bond donors (Lipinski definition) is 1. The van der Waals surface area contributed by atoms with E-state index in [1.54, 1.807) is 0 Å². The van der Waals surface area contributed by atoms with Crippen molar-refractivity contribution in [3.8, 4) is 0 Å². The molecule has 0 radical (unpaired) electrons. The molecule has 1 atom stereocenters. The molecule has 0 aliphatic carbocycles. The van der Waals surface area contributed by atoms with Crippen molar-refractivity contribution in [2.45, 2.75) is 26.8 Å². The largest absolute Gasteiger partial charge is 0.331 e. The molecule has 0 saturated heterocycles. The lowest BCUT2D eigenvalue weighted by Gasteiger charge is -2.28. The van der Waals surface area contributed by atoms with Gasteiger partial charge in [-0.05, 0) is 44.6 Å². The van der Waals surface area contributed by atoms with Gasteiger partial charge in [0.05, 0.1) is 6.04 Å². The Morgan fingerprint density at radius 1 is 1.14 bits per heavy atom. The number of carbonyl (C=O) groups excluding carboxylic acids is 1. The summed E-state index contributed by atoms with van der Waals surface area (Å²) < 4.78 is 1.04. The van der Waals surface area contributed by atoms with E-state index >= 15 is 0 Å². The van der Waals surface area contributed by atoms with Crippen molar-refractivity contribution >= 4 is 22.0 Å². The Hall–Kier alpha value is -1.07. The standard InChI is InChI=1S/C17H28BrN3O/c1-13(2)12-21(11-10-20(4)5)17(22)19-14(3)15-6-8-16(18)9-7-15/h6-9,13-14H,10-12H2,1-5H3,(H,19,22)/t14-/m0/s1. The maximum Gasteiger partial charge on any atom is 0.317 e. The zero-order chi connectivity index (χ0) is 16.7. The molecule has 1 aromatic rings. The molecule has 2 amide bonds. The summed E-state index contributed by atoms with van der Waals surface area (Å²) in [6, 6.07) is 8.05. The SMILES string of the molecule is CC(C)CN(CCN(C)C)C(=O)N[C@@H](C)c1ccc(Br)cc1. The molecule has 0 aliphatic rings. The van der Waals surface area contributed by atoms with Crippen LogP contribution in [0.25, 0.3) is 0 Å². The normalized spacial score (nSPS) is 12.5. The van der Waals surface area contributed by atoms with Crippen molar-refractivity contribution in [2.75, 3.05) is 33.7 Å². The third-order valence-electron chi connectivity index (χ3n) is 3.40. The molecule has 0 unspecified atom stereocenters. The summed E-state index contributed by atoms with van der Waals surface area (Å²) in [6.45, 7) is 8.66. The predicted octanol–water partition coefficient (Wildman–Crippen LogP) is 3.74. The molecular weight excluding hydrogens is 342 g/mol. The smallest absolute Gasteiger partial charge is 0.317 e. The summed E-state index contributed by atoms with van der Waals surface area (Å²) in [5, 5.41) is 3.10. The highest BCUT2D eigenvalue weighted by Crippen LogP contribution is 2.16. The van der Waals surface area contributed by atoms with Crippen LogP contribution in [0.1, 0.15) is 32.4 Å². The van der Waals surface area contributed by atoms with Crippen LogP contribution in [0.5, 0.6) is 0 Å². The number of likely N-dealkylation sites (N-methyl/N-ethyl adjacent to an activating group) is 1. The molecule has 0 heterocycles. The fourth-order valence-electron chi connectivity index (χ4n) is 2.15. The third-order valence-corrected chi connectivity index (χ3v) is 3.93. The number of nitrogens with zero attached hydrogens (tertiary/aromatic N) is 2. The summed E-state index contributed by atoms with van der Waals surface area (Å²) in [4.78, 5) is 16.5. The molecule has 0 bridgehead atoms. The molecule has 4 nitrogen and oxygen atoms in total. The fraction of sp³-hybridized carbons (Fsp3) is 0.588. The Bertz CT molecular complexity index is 459. The van der Waals surface area contributed by atoms with Crippen LogP contribution in [0.15, 0.2) is 28.7 Å². The number of halogens is 1. The Morgan fingerprint density at radius 3 is 2.23 bits per heavy atom. The molecule has 0 fully saturated rings. The zero-order valence-corrected chi connectivity index (χ0v) is 15.9. The number of amides is 2. The first kappa shape index (κ1) is 19.0. The summed E-state index contributed by atoms with van der Waals surface area (Å²) in [5.41, 5.74) is 1.11. The molecular formula is C17H28BrN3O. The van der Waals surface area contributed by atoms with Crippen molar-refractivity contribution in [1.29, 1.82) is 0 Å². The molecule has 1 rings (SSSR count). The maximum absolute atomic E-state index is 12.5. The maximum atomic E-state index is 12.5. The quantitative estimate of drug-likeness (QED) is 0.794. The van der Waals surface area contributed by atoms with Gasteiger partial charge >= 0.3 is 6.03 Å². The van der Waals surface area contributed by atoms with Crippen molar-refractivity contribution in [1.82, 2.24) is 15.1 Å². The first-order chi connectivity index (χ1) is 10.3. The lowest BCUT2D eigenvalue weighted by molar-refractivity contribution is 0.181. The molecule has 1 aromatic carbocycles. The minimum absolute atomic E-state index is 0.00498. The first-order valence-corrected chi connectivity index (χ1v) is 8.54. The van der Waals surface area contributed by atoms with E-state index in [-0.39, 0.29) is 12.1 Å². The van der Waals surface area contributed by atoms with Crippen molar-refractivity contribution in [3.63, 3.8) is 0 Å². The van der Waals surface area contributed by atoms with E-state index in [0.29, 0.717) is 5.92 Å². The third kappa shape index (κ3) is 6.79. The van der Waals surface area contributed by atoms with Crippen LogP contribution in [-0.4, -0.2) is 49.6 Å². The number of rotatable bonds is 7. The minimum Gasteiger partial charge on any atom is -0.331 e. The lowest BCUT2D eigenvalue weighted by atomic mass is 10.1. The van der Waals surface area contributed by atoms with E-state index in [1.165, 1.54) is 0 Å². The molecule has 0 spiro atoms. The van der Waals surface area contributed by atoms with Gasteiger partial charge in [0.1, 0.15) is 0 Å². The molecule has 22 heavy (non-hydrogen) atoms. The summed E-state index contributed by atoms with van der Waals surface area (Å²) in [7, 11) is 4.05. The topological polar surface area (TPSA) is 35.6 Å². The van der Waals surface area contributed by atoms with Gasteiger partial charge in [0, 0.05) is 24.1 Å². The monoisotopic (exact) mass is 369 g/mol. The van der Waals surface area contributed by atoms with E-state index in [4.69, 9.17) is 0 Å². The van der Waals surface area contributed by atoms with E-state index in [9.17, 15) is 4.79 Å². The summed E-state index contributed by atoms with van der Waals surface area (Å²) in [5.74, 6) is 0.455. The van der Waals surface area contributed by atoms with Crippen molar-refractivity contribution in [3.05, 3.63) is 34.3 Å². The van der Waals surface area contributed by atoms with E-state index in [1.807, 2.05) is 50.2 Å². The zero-order valence-electron chi connectivity index (χ0n) is 14.3. The number of hydrogen-bond acceptors (Lipinski definition) is 2. The van der Waals surface area contributed by atoms with Gasteiger partial charge in [-0.25, -0.2) is 4.79 Å². The number of nitrogens with one attached hydrogen (secondary N) is 1. The molecule has 5 heteroatoms. The van der Waals surface area contributed by atoms with Crippen LogP contribution in [0, 0.1) is 5.92 Å². The van der Waals surface area contributed by atoms with Gasteiger partial charge in [0.15, 0.2) is 0 Å². The van der Waals surface area contributed by atoms with Gasteiger partial charge in [0.25, 0.3) is 0 Å². The molecule has 0 saturated carbocycles. The number of benzene rings is 1. The first-order valence-electron chi connectivity index (χ1n) is 7.75. The van der Waals surface area contributed by atoms with Gasteiger partial charge in [0.2, 0.25) is 0 Å². The second-order valence-electron chi connectivity index (χ2n) is 6.37. The van der Waals surface area contributed by atoms with Gasteiger partial charge in [-0.3, -0.25) is 0 Å². The van der Waals surface area contributed by atoms with Crippen molar-refractivity contribution < 1.29 is 4.79 Å². The van der Waals surface area contributed by atoms with Gasteiger partial charge < -0.3 is 15.1 Å². The highest BCUT2D eigenvalue weighted by atomic mass is 79.9.